The maximum Gasteiger partial charge on any atom is 0.128 e. The lowest BCUT2D eigenvalue weighted by atomic mass is 10.0. The third-order valence-corrected chi connectivity index (χ3v) is 5.92. The van der Waals surface area contributed by atoms with Gasteiger partial charge in [-0.05, 0) is 25.1 Å². The topological polar surface area (TPSA) is 50.9 Å². The summed E-state index contributed by atoms with van der Waals surface area (Å²) < 4.78 is 0. The van der Waals surface area contributed by atoms with Crippen molar-refractivity contribution in [3.8, 4) is 0 Å². The molecule has 2 unspecified atom stereocenters. The molecule has 1 aromatic rings. The van der Waals surface area contributed by atoms with Gasteiger partial charge in [0, 0.05) is 40.3 Å². The van der Waals surface area contributed by atoms with Crippen molar-refractivity contribution >= 4 is 29.3 Å². The second-order valence-electron chi connectivity index (χ2n) is 4.51. The molecule has 0 amide bonds. The first kappa shape index (κ1) is 14.0. The van der Waals surface area contributed by atoms with Gasteiger partial charge in [-0.3, -0.25) is 0 Å². The molecule has 100 valence electrons. The maximum atomic E-state index is 6.06. The number of pyridine rings is 1. The molecular formula is C13H21N3S2. The number of hydrogen-bond donors (Lipinski definition) is 2. The molecule has 1 aliphatic rings. The van der Waals surface area contributed by atoms with E-state index in [1.165, 1.54) is 22.8 Å². The van der Waals surface area contributed by atoms with Gasteiger partial charge in [0.1, 0.15) is 5.82 Å². The zero-order chi connectivity index (χ0) is 13.0. The molecule has 0 bridgehead atoms. The number of nitrogens with one attached hydrogen (secondary N) is 1. The van der Waals surface area contributed by atoms with Crippen molar-refractivity contribution in [2.75, 3.05) is 29.5 Å². The average molecular weight is 283 g/mol. The van der Waals surface area contributed by atoms with Gasteiger partial charge in [-0.15, -0.1) is 0 Å². The minimum absolute atomic E-state index is 0.320. The largest absolute Gasteiger partial charge is 0.383 e. The molecular weight excluding hydrogens is 262 g/mol. The Labute approximate surface area is 118 Å². The lowest BCUT2D eigenvalue weighted by Crippen LogP contribution is -2.34. The summed E-state index contributed by atoms with van der Waals surface area (Å²) in [7, 11) is 0. The van der Waals surface area contributed by atoms with Gasteiger partial charge in [0.25, 0.3) is 0 Å². The molecule has 2 heterocycles. The van der Waals surface area contributed by atoms with Crippen molar-refractivity contribution in [1.29, 1.82) is 0 Å². The highest BCUT2D eigenvalue weighted by atomic mass is 32.2. The smallest absolute Gasteiger partial charge is 0.128 e. The van der Waals surface area contributed by atoms with Gasteiger partial charge in [0.15, 0.2) is 0 Å². The normalized spacial score (nSPS) is 21.8. The Morgan fingerprint density at radius 2 is 2.39 bits per heavy atom. The lowest BCUT2D eigenvalue weighted by Gasteiger charge is -2.31. The van der Waals surface area contributed by atoms with E-state index in [0.29, 0.717) is 17.1 Å². The third kappa shape index (κ3) is 3.33. The van der Waals surface area contributed by atoms with Crippen LogP contribution in [0.4, 0.5) is 5.82 Å². The Morgan fingerprint density at radius 1 is 1.56 bits per heavy atom. The molecule has 0 aliphatic carbocycles. The van der Waals surface area contributed by atoms with Crippen LogP contribution in [0.15, 0.2) is 12.3 Å². The third-order valence-electron chi connectivity index (χ3n) is 3.06. The molecule has 2 atom stereocenters. The quantitative estimate of drug-likeness (QED) is 0.889. The number of nitrogens with zero attached hydrogens (tertiary/aromatic N) is 1. The van der Waals surface area contributed by atoms with Crippen LogP contribution in [0.2, 0.25) is 0 Å². The van der Waals surface area contributed by atoms with E-state index in [2.05, 4.69) is 42.0 Å². The molecule has 0 radical (unpaired) electrons. The minimum atomic E-state index is 0.320. The fourth-order valence-corrected chi connectivity index (χ4v) is 5.07. The van der Waals surface area contributed by atoms with Crippen molar-refractivity contribution in [3.63, 3.8) is 0 Å². The molecule has 0 spiro atoms. The molecule has 2 rings (SSSR count). The van der Waals surface area contributed by atoms with E-state index in [0.717, 1.165) is 12.1 Å². The Balaban J connectivity index is 2.24. The van der Waals surface area contributed by atoms with Gasteiger partial charge in [0.05, 0.1) is 0 Å². The Hall–Kier alpha value is -0.390. The van der Waals surface area contributed by atoms with E-state index in [-0.39, 0.29) is 0 Å². The molecule has 0 saturated carbocycles. The van der Waals surface area contributed by atoms with Crippen LogP contribution in [0.25, 0.3) is 0 Å². The fraction of sp³-hybridized carbons (Fsp3) is 0.615. The Kier molecular flexibility index (Phi) is 5.21. The van der Waals surface area contributed by atoms with Gasteiger partial charge in [-0.1, -0.05) is 6.92 Å². The van der Waals surface area contributed by atoms with Gasteiger partial charge in [-0.2, -0.15) is 23.5 Å². The van der Waals surface area contributed by atoms with Gasteiger partial charge < -0.3 is 11.1 Å². The van der Waals surface area contributed by atoms with Crippen LogP contribution >= 0.6 is 23.5 Å². The Bertz CT molecular complexity index is 392. The van der Waals surface area contributed by atoms with E-state index in [4.69, 9.17) is 5.73 Å². The van der Waals surface area contributed by atoms with Crippen molar-refractivity contribution in [2.24, 2.45) is 0 Å². The van der Waals surface area contributed by atoms with Crippen LogP contribution in [0.5, 0.6) is 0 Å². The Morgan fingerprint density at radius 3 is 3.06 bits per heavy atom. The average Bonchev–Trinajstić information content (AvgIpc) is 2.40. The fourth-order valence-electron chi connectivity index (χ4n) is 2.21. The first-order valence-electron chi connectivity index (χ1n) is 6.37. The van der Waals surface area contributed by atoms with Crippen LogP contribution in [0.1, 0.15) is 24.1 Å². The lowest BCUT2D eigenvalue weighted by molar-refractivity contribution is 0.550. The summed E-state index contributed by atoms with van der Waals surface area (Å²) in [6.45, 7) is 5.18. The summed E-state index contributed by atoms with van der Waals surface area (Å²) in [4.78, 5) is 4.30. The number of aromatic nitrogens is 1. The van der Waals surface area contributed by atoms with Gasteiger partial charge >= 0.3 is 0 Å². The highest BCUT2D eigenvalue weighted by Crippen LogP contribution is 2.35. The van der Waals surface area contributed by atoms with Crippen molar-refractivity contribution in [2.45, 2.75) is 25.1 Å². The van der Waals surface area contributed by atoms with E-state index in [1.54, 1.807) is 0 Å². The molecule has 3 nitrogen and oxygen atoms in total. The first-order chi connectivity index (χ1) is 8.72. The van der Waals surface area contributed by atoms with E-state index in [9.17, 15) is 0 Å². The number of thioether (sulfide) groups is 2. The monoisotopic (exact) mass is 283 g/mol. The summed E-state index contributed by atoms with van der Waals surface area (Å²) in [5.41, 5.74) is 8.40. The summed E-state index contributed by atoms with van der Waals surface area (Å²) in [5, 5.41) is 4.17. The standard InChI is InChI=1S/C13H21N3S2/c1-3-15-12(11-8-17-4-5-18-11)10-6-9(2)7-16-13(10)14/h6-7,11-12,15H,3-5,8H2,1-2H3,(H2,14,16). The minimum Gasteiger partial charge on any atom is -0.383 e. The molecule has 1 fully saturated rings. The number of nitrogen functional groups attached to an aromatic ring is 1. The second-order valence-corrected chi connectivity index (χ2v) is 7.00. The van der Waals surface area contributed by atoms with Crippen molar-refractivity contribution in [3.05, 3.63) is 23.4 Å². The highest BCUT2D eigenvalue weighted by molar-refractivity contribution is 8.06. The molecule has 1 aliphatic heterocycles. The van der Waals surface area contributed by atoms with Gasteiger partial charge in [-0.25, -0.2) is 4.98 Å². The summed E-state index contributed by atoms with van der Waals surface area (Å²) >= 11 is 4.09. The van der Waals surface area contributed by atoms with E-state index >= 15 is 0 Å². The summed E-state index contributed by atoms with van der Waals surface area (Å²) in [5.74, 6) is 4.36. The van der Waals surface area contributed by atoms with Crippen LogP contribution in [0, 0.1) is 6.92 Å². The highest BCUT2D eigenvalue weighted by Gasteiger charge is 2.27. The summed E-state index contributed by atoms with van der Waals surface area (Å²) in [6.07, 6.45) is 1.84. The number of anilines is 1. The first-order valence-corrected chi connectivity index (χ1v) is 8.57. The molecule has 18 heavy (non-hydrogen) atoms. The van der Waals surface area contributed by atoms with E-state index < -0.39 is 0 Å². The van der Waals surface area contributed by atoms with Crippen molar-refractivity contribution < 1.29 is 0 Å². The van der Waals surface area contributed by atoms with Crippen LogP contribution in [0.3, 0.4) is 0 Å². The van der Waals surface area contributed by atoms with E-state index in [1.807, 2.05) is 18.0 Å². The number of aryl methyl sites for hydroxylation is 1. The second kappa shape index (κ2) is 6.68. The molecule has 5 heteroatoms. The predicted molar refractivity (Wildman–Crippen MR) is 83.4 cm³/mol. The SMILES string of the molecule is CCNC(c1cc(C)cnc1N)C1CSCCS1. The zero-order valence-corrected chi connectivity index (χ0v) is 12.6. The molecule has 3 N–H and O–H groups in total. The van der Waals surface area contributed by atoms with Crippen LogP contribution in [-0.4, -0.2) is 34.0 Å². The number of nitrogens with two attached hydrogens (primary N) is 1. The van der Waals surface area contributed by atoms with Gasteiger partial charge in [0.2, 0.25) is 0 Å². The molecule has 1 saturated heterocycles. The summed E-state index contributed by atoms with van der Waals surface area (Å²) in [6, 6.07) is 2.50. The number of rotatable bonds is 4. The predicted octanol–water partition coefficient (Wildman–Crippen LogP) is 2.47. The molecule has 1 aromatic heterocycles. The van der Waals surface area contributed by atoms with Crippen molar-refractivity contribution in [1.82, 2.24) is 10.3 Å². The maximum absolute atomic E-state index is 6.06. The van der Waals surface area contributed by atoms with Crippen LogP contribution in [-0.2, 0) is 0 Å². The molecule has 0 aromatic carbocycles. The van der Waals surface area contributed by atoms with Crippen LogP contribution < -0.4 is 11.1 Å². The zero-order valence-electron chi connectivity index (χ0n) is 11.0. The number of hydrogen-bond acceptors (Lipinski definition) is 5.